The van der Waals surface area contributed by atoms with Crippen LogP contribution in [0.2, 0.25) is 0 Å². The van der Waals surface area contributed by atoms with Gasteiger partial charge in [0.15, 0.2) is 0 Å². The van der Waals surface area contributed by atoms with Crippen LogP contribution in [0.3, 0.4) is 0 Å². The van der Waals surface area contributed by atoms with Gasteiger partial charge in [0.1, 0.15) is 0 Å². The van der Waals surface area contributed by atoms with E-state index in [0.717, 1.165) is 12.8 Å². The van der Waals surface area contributed by atoms with Gasteiger partial charge in [-0.3, -0.25) is 4.79 Å². The molecular weight excluding hydrogens is 157 g/mol. The first-order chi connectivity index (χ1) is 5.70. The van der Waals surface area contributed by atoms with Crippen molar-refractivity contribution in [2.75, 3.05) is 0 Å². The molecule has 0 spiro atoms. The molecule has 1 radical (unpaired) electrons. The zero-order valence-corrected chi connectivity index (χ0v) is 8.05. The van der Waals surface area contributed by atoms with E-state index in [9.17, 15) is 4.79 Å². The second-order valence-corrected chi connectivity index (χ2v) is 3.90. The van der Waals surface area contributed by atoms with Crippen molar-refractivity contribution in [3.05, 3.63) is 0 Å². The van der Waals surface area contributed by atoms with Crippen molar-refractivity contribution in [3.8, 4) is 0 Å². The van der Waals surface area contributed by atoms with Crippen molar-refractivity contribution >= 4 is 24.8 Å². The van der Waals surface area contributed by atoms with Crippen LogP contribution >= 0.6 is 0 Å². The van der Waals surface area contributed by atoms with Crippen LogP contribution in [0, 0.1) is 5.92 Å². The number of amides is 1. The second-order valence-electron chi connectivity index (χ2n) is 3.90. The van der Waals surface area contributed by atoms with Crippen molar-refractivity contribution in [3.63, 3.8) is 0 Å². The Morgan fingerprint density at radius 2 is 1.77 bits per heavy atom. The third kappa shape index (κ3) is 4.74. The third-order valence-corrected chi connectivity index (χ3v) is 2.34. The van der Waals surface area contributed by atoms with Crippen LogP contribution in [-0.2, 0) is 4.79 Å². The van der Waals surface area contributed by atoms with Crippen LogP contribution < -0.4 is 5.32 Å². The molecule has 0 aromatic carbocycles. The summed E-state index contributed by atoms with van der Waals surface area (Å²) in [6, 6.07) is 0.166. The van der Waals surface area contributed by atoms with Crippen LogP contribution in [0.5, 0.6) is 0 Å². The Labute approximate surface area is 93.0 Å². The van der Waals surface area contributed by atoms with Gasteiger partial charge >= 0.3 is 18.9 Å². The summed E-state index contributed by atoms with van der Waals surface area (Å²) < 4.78 is 0. The van der Waals surface area contributed by atoms with Crippen LogP contribution in [0.25, 0.3) is 0 Å². The summed E-state index contributed by atoms with van der Waals surface area (Å²) >= 11 is 0. The molecule has 71 valence electrons. The topological polar surface area (TPSA) is 31.2 Å². The average molecular weight is 176 g/mol. The predicted molar refractivity (Wildman–Crippen MR) is 56.0 cm³/mol. The van der Waals surface area contributed by atoms with Crippen LogP contribution in [0.4, 0.5) is 0 Å². The van der Waals surface area contributed by atoms with Crippen LogP contribution in [0.1, 0.15) is 46.0 Å². The summed E-state index contributed by atoms with van der Waals surface area (Å²) in [5.41, 5.74) is 0. The second kappa shape index (κ2) is 6.51. The molecule has 0 aromatic rings. The molecular formula is C10H19LiNO. The van der Waals surface area contributed by atoms with Crippen LogP contribution in [-0.4, -0.2) is 30.8 Å². The van der Waals surface area contributed by atoms with E-state index >= 15 is 0 Å². The fourth-order valence-corrected chi connectivity index (χ4v) is 1.71. The normalized spacial score (nSPS) is 18.1. The first-order valence-corrected chi connectivity index (χ1v) is 4.95. The van der Waals surface area contributed by atoms with Gasteiger partial charge in [-0.25, -0.2) is 5.32 Å². The number of hydrogen-bond acceptors (Lipinski definition) is 1. The van der Waals surface area contributed by atoms with Gasteiger partial charge in [0, 0.05) is 12.0 Å². The van der Waals surface area contributed by atoms with E-state index in [1.165, 1.54) is 19.3 Å². The van der Waals surface area contributed by atoms with E-state index in [4.69, 9.17) is 0 Å². The minimum atomic E-state index is 0. The molecule has 1 saturated carbocycles. The number of hydrogen-bond donors (Lipinski definition) is 0. The first kappa shape index (κ1) is 13.1. The Morgan fingerprint density at radius 3 is 2.23 bits per heavy atom. The molecule has 0 unspecified atom stereocenters. The van der Waals surface area contributed by atoms with Gasteiger partial charge < -0.3 is 0 Å². The van der Waals surface area contributed by atoms with Crippen molar-refractivity contribution in [1.82, 2.24) is 5.32 Å². The summed E-state index contributed by atoms with van der Waals surface area (Å²) in [5, 5.41) is 4.06. The molecule has 1 aliphatic carbocycles. The molecule has 0 aliphatic heterocycles. The Kier molecular flexibility index (Phi) is 6.54. The molecule has 13 heavy (non-hydrogen) atoms. The van der Waals surface area contributed by atoms with Gasteiger partial charge in [-0.2, -0.15) is 0 Å². The molecule has 0 atom stereocenters. The summed E-state index contributed by atoms with van der Waals surface area (Å²) in [6.45, 7) is 3.92. The van der Waals surface area contributed by atoms with Crippen molar-refractivity contribution in [2.45, 2.75) is 52.0 Å². The van der Waals surface area contributed by atoms with E-state index < -0.39 is 0 Å². The predicted octanol–water partition coefficient (Wildman–Crippen LogP) is 1.46. The first-order valence-electron chi connectivity index (χ1n) is 4.95. The summed E-state index contributed by atoms with van der Waals surface area (Å²) in [6.07, 6.45) is 5.85. The number of carbonyl (C=O) groups excluding carboxylic acids is 1. The van der Waals surface area contributed by atoms with Crippen LogP contribution in [0.15, 0.2) is 0 Å². The van der Waals surface area contributed by atoms with E-state index in [1.54, 1.807) is 0 Å². The number of carbonyl (C=O) groups is 1. The number of nitrogens with zero attached hydrogens (tertiary/aromatic N) is 1. The van der Waals surface area contributed by atoms with Gasteiger partial charge in [-0.15, -0.1) is 0 Å². The van der Waals surface area contributed by atoms with E-state index in [0.29, 0.717) is 0 Å². The zero-order chi connectivity index (χ0) is 8.97. The van der Waals surface area contributed by atoms with Gasteiger partial charge in [0.25, 0.3) is 0 Å². The maximum atomic E-state index is 11.4. The molecule has 2 nitrogen and oxygen atoms in total. The zero-order valence-electron chi connectivity index (χ0n) is 8.05. The molecule has 0 bridgehead atoms. The van der Waals surface area contributed by atoms with Gasteiger partial charge in [-0.05, 0) is 26.7 Å². The molecule has 1 amide bonds. The van der Waals surface area contributed by atoms with Gasteiger partial charge in [0.05, 0.1) is 0 Å². The van der Waals surface area contributed by atoms with Gasteiger partial charge in [-0.1, -0.05) is 19.3 Å². The summed E-state index contributed by atoms with van der Waals surface area (Å²) in [7, 11) is 0. The molecule has 0 N–H and O–H groups in total. The Morgan fingerprint density at radius 1 is 1.23 bits per heavy atom. The molecule has 1 fully saturated rings. The maximum absolute atomic E-state index is 11.4. The summed E-state index contributed by atoms with van der Waals surface area (Å²) in [4.78, 5) is 11.4. The third-order valence-electron chi connectivity index (χ3n) is 2.34. The van der Waals surface area contributed by atoms with Crippen molar-refractivity contribution in [1.29, 1.82) is 0 Å². The van der Waals surface area contributed by atoms with E-state index in [1.807, 2.05) is 13.8 Å². The molecule has 0 saturated heterocycles. The molecule has 0 heterocycles. The van der Waals surface area contributed by atoms with Crippen molar-refractivity contribution < 1.29 is 4.79 Å². The minimum absolute atomic E-state index is 0. The fourth-order valence-electron chi connectivity index (χ4n) is 1.71. The number of rotatable bonds is 2. The molecule has 0 aromatic heterocycles. The standard InChI is InChI=1S/C10H18NO.Li.H/c1-8(2)11-10(12)9-6-4-3-5-7-9;;/h8-9H,3-7H2,1-2H3;;. The van der Waals surface area contributed by atoms with E-state index in [2.05, 4.69) is 5.32 Å². The average Bonchev–Trinajstić information content (AvgIpc) is 2.05. The fraction of sp³-hybridized carbons (Fsp3) is 0.900. The van der Waals surface area contributed by atoms with E-state index in [-0.39, 0.29) is 36.7 Å². The SMILES string of the molecule is CC(C)[N]C(=O)C1CCCCC1.[LiH]. The van der Waals surface area contributed by atoms with Crippen molar-refractivity contribution in [2.24, 2.45) is 5.92 Å². The molecule has 3 heteroatoms. The summed E-state index contributed by atoms with van der Waals surface area (Å²) in [5.74, 6) is 0.394. The monoisotopic (exact) mass is 176 g/mol. The molecule has 1 aliphatic rings. The Hall–Kier alpha value is 0.0674. The van der Waals surface area contributed by atoms with Gasteiger partial charge in [0.2, 0.25) is 5.91 Å². The Balaban J connectivity index is 0.00000144. The Bertz CT molecular complexity index is 153. The quantitative estimate of drug-likeness (QED) is 0.586. The molecule has 1 rings (SSSR count).